The van der Waals surface area contributed by atoms with Gasteiger partial charge in [-0.1, -0.05) is 65.7 Å². The van der Waals surface area contributed by atoms with Gasteiger partial charge in [0, 0.05) is 6.42 Å². The summed E-state index contributed by atoms with van der Waals surface area (Å²) in [5.74, 6) is 0. The number of alkyl halides is 2. The number of benzene rings is 1. The normalized spacial score (nSPS) is 20.3. The van der Waals surface area contributed by atoms with E-state index in [2.05, 4.69) is 0 Å². The fourth-order valence-electron chi connectivity index (χ4n) is 1.64. The van der Waals surface area contributed by atoms with Crippen molar-refractivity contribution in [1.29, 1.82) is 0 Å². The van der Waals surface area contributed by atoms with Crippen molar-refractivity contribution in [2.75, 3.05) is 0 Å². The Bertz CT molecular complexity index is 421. The minimum Gasteiger partial charge on any atom is -0.384 e. The van der Waals surface area contributed by atoms with E-state index in [-0.39, 0.29) is 0 Å². The van der Waals surface area contributed by atoms with Crippen molar-refractivity contribution in [3.05, 3.63) is 59.7 Å². The fraction of sp³-hybridized carbons (Fsp3) is 0.231. The van der Waals surface area contributed by atoms with Gasteiger partial charge in [-0.3, -0.25) is 0 Å². The Labute approximate surface area is 105 Å². The van der Waals surface area contributed by atoms with E-state index < -0.39 is 10.4 Å². The molecule has 1 aromatic rings. The van der Waals surface area contributed by atoms with Crippen LogP contribution in [-0.2, 0) is 0 Å². The summed E-state index contributed by atoms with van der Waals surface area (Å²) in [5, 5.41) is 10.1. The molecule has 0 spiro atoms. The molecule has 0 heterocycles. The standard InChI is InChI=1S/C13H12Cl2O/c14-13(15)8-6-11(7-9-13)12(16)10-4-2-1-3-5-10/h1-8,12,16H,9H2/t12-/m1/s1. The van der Waals surface area contributed by atoms with E-state index >= 15 is 0 Å². The topological polar surface area (TPSA) is 20.2 Å². The third-order valence-corrected chi connectivity index (χ3v) is 3.12. The zero-order valence-corrected chi connectivity index (χ0v) is 10.1. The summed E-state index contributed by atoms with van der Waals surface area (Å²) < 4.78 is -0.833. The third kappa shape index (κ3) is 2.67. The van der Waals surface area contributed by atoms with Crippen molar-refractivity contribution in [1.82, 2.24) is 0 Å². The van der Waals surface area contributed by atoms with Gasteiger partial charge in [-0.25, -0.2) is 0 Å². The number of allylic oxidation sites excluding steroid dienone is 2. The Balaban J connectivity index is 2.17. The number of rotatable bonds is 2. The highest BCUT2D eigenvalue weighted by Gasteiger charge is 2.23. The van der Waals surface area contributed by atoms with E-state index in [1.165, 1.54) is 0 Å². The maximum Gasteiger partial charge on any atom is 0.140 e. The maximum atomic E-state index is 10.1. The first-order chi connectivity index (χ1) is 7.58. The van der Waals surface area contributed by atoms with Gasteiger partial charge in [-0.15, -0.1) is 0 Å². The van der Waals surface area contributed by atoms with Gasteiger partial charge < -0.3 is 5.11 Å². The molecule has 1 aliphatic carbocycles. The van der Waals surface area contributed by atoms with E-state index in [1.807, 2.05) is 36.4 Å². The third-order valence-electron chi connectivity index (χ3n) is 2.56. The molecule has 0 unspecified atom stereocenters. The largest absolute Gasteiger partial charge is 0.384 e. The molecule has 1 aromatic carbocycles. The summed E-state index contributed by atoms with van der Waals surface area (Å²) >= 11 is 11.9. The zero-order chi connectivity index (χ0) is 11.6. The summed E-state index contributed by atoms with van der Waals surface area (Å²) in [7, 11) is 0. The van der Waals surface area contributed by atoms with Crippen molar-refractivity contribution < 1.29 is 5.11 Å². The van der Waals surface area contributed by atoms with Gasteiger partial charge in [0.05, 0.1) is 0 Å². The molecule has 0 aliphatic heterocycles. The molecule has 1 atom stereocenters. The molecular weight excluding hydrogens is 243 g/mol. The number of halogens is 2. The van der Waals surface area contributed by atoms with Crippen molar-refractivity contribution in [3.63, 3.8) is 0 Å². The minimum absolute atomic E-state index is 0.520. The quantitative estimate of drug-likeness (QED) is 0.797. The van der Waals surface area contributed by atoms with Crippen LogP contribution in [0.15, 0.2) is 54.1 Å². The predicted octanol–water partition coefficient (Wildman–Crippen LogP) is 3.78. The Kier molecular flexibility index (Phi) is 3.38. The lowest BCUT2D eigenvalue weighted by Gasteiger charge is -2.21. The van der Waals surface area contributed by atoms with Crippen LogP contribution >= 0.6 is 23.2 Å². The molecule has 16 heavy (non-hydrogen) atoms. The maximum absolute atomic E-state index is 10.1. The monoisotopic (exact) mass is 254 g/mol. The zero-order valence-electron chi connectivity index (χ0n) is 8.61. The van der Waals surface area contributed by atoms with Gasteiger partial charge in [0.15, 0.2) is 0 Å². The molecule has 84 valence electrons. The number of aliphatic hydroxyl groups excluding tert-OH is 1. The van der Waals surface area contributed by atoms with Gasteiger partial charge >= 0.3 is 0 Å². The summed E-state index contributed by atoms with van der Waals surface area (Å²) in [6, 6.07) is 9.51. The van der Waals surface area contributed by atoms with Gasteiger partial charge in [0.25, 0.3) is 0 Å². The first-order valence-electron chi connectivity index (χ1n) is 5.09. The van der Waals surface area contributed by atoms with Crippen molar-refractivity contribution in [2.45, 2.75) is 16.9 Å². The number of hydrogen-bond acceptors (Lipinski definition) is 1. The molecule has 0 fully saturated rings. The van der Waals surface area contributed by atoms with Gasteiger partial charge in [0.2, 0.25) is 0 Å². The van der Waals surface area contributed by atoms with Gasteiger partial charge in [-0.05, 0) is 17.2 Å². The summed E-state index contributed by atoms with van der Waals surface area (Å²) in [4.78, 5) is 0. The van der Waals surface area contributed by atoms with Crippen molar-refractivity contribution in [3.8, 4) is 0 Å². The Morgan fingerprint density at radius 1 is 1.19 bits per heavy atom. The molecule has 3 heteroatoms. The lowest BCUT2D eigenvalue weighted by molar-refractivity contribution is 0.219. The van der Waals surface area contributed by atoms with Crippen LogP contribution in [0, 0.1) is 0 Å². The molecule has 0 bridgehead atoms. The summed E-state index contributed by atoms with van der Waals surface area (Å²) in [5.41, 5.74) is 1.71. The molecular formula is C13H12Cl2O. The van der Waals surface area contributed by atoms with Gasteiger partial charge in [0.1, 0.15) is 10.4 Å². The van der Waals surface area contributed by atoms with Crippen LogP contribution in [-0.4, -0.2) is 9.44 Å². The molecule has 0 saturated carbocycles. The van der Waals surface area contributed by atoms with Crippen LogP contribution < -0.4 is 0 Å². The number of hydrogen-bond donors (Lipinski definition) is 1. The predicted molar refractivity (Wildman–Crippen MR) is 67.7 cm³/mol. The average Bonchev–Trinajstić information content (AvgIpc) is 2.29. The van der Waals surface area contributed by atoms with Crippen LogP contribution in [0.1, 0.15) is 18.1 Å². The van der Waals surface area contributed by atoms with Crippen LogP contribution in [0.4, 0.5) is 0 Å². The number of aliphatic hydroxyl groups is 1. The highest BCUT2D eigenvalue weighted by molar-refractivity contribution is 6.50. The molecule has 2 rings (SSSR count). The van der Waals surface area contributed by atoms with E-state index in [4.69, 9.17) is 23.2 Å². The minimum atomic E-state index is -0.833. The smallest absolute Gasteiger partial charge is 0.140 e. The highest BCUT2D eigenvalue weighted by atomic mass is 35.5. The molecule has 0 amide bonds. The lowest BCUT2D eigenvalue weighted by Crippen LogP contribution is -2.12. The van der Waals surface area contributed by atoms with E-state index in [0.29, 0.717) is 6.42 Å². The van der Waals surface area contributed by atoms with Crippen molar-refractivity contribution in [2.24, 2.45) is 0 Å². The van der Waals surface area contributed by atoms with E-state index in [1.54, 1.807) is 12.2 Å². The fourth-order valence-corrected chi connectivity index (χ4v) is 1.92. The summed E-state index contributed by atoms with van der Waals surface area (Å²) in [6.07, 6.45) is 5.27. The second-order valence-electron chi connectivity index (χ2n) is 3.82. The van der Waals surface area contributed by atoms with Crippen molar-refractivity contribution >= 4 is 23.2 Å². The molecule has 0 radical (unpaired) electrons. The second-order valence-corrected chi connectivity index (χ2v) is 5.36. The van der Waals surface area contributed by atoms with E-state index in [0.717, 1.165) is 11.1 Å². The summed E-state index contributed by atoms with van der Waals surface area (Å²) in [6.45, 7) is 0. The Morgan fingerprint density at radius 3 is 2.44 bits per heavy atom. The molecule has 1 aliphatic rings. The van der Waals surface area contributed by atoms with Gasteiger partial charge in [-0.2, -0.15) is 0 Å². The molecule has 0 aromatic heterocycles. The Morgan fingerprint density at radius 2 is 1.88 bits per heavy atom. The van der Waals surface area contributed by atoms with E-state index in [9.17, 15) is 5.11 Å². The lowest BCUT2D eigenvalue weighted by atomic mass is 9.96. The van der Waals surface area contributed by atoms with Crippen LogP contribution in [0.2, 0.25) is 0 Å². The highest BCUT2D eigenvalue weighted by Crippen LogP contribution is 2.35. The molecule has 0 saturated heterocycles. The first kappa shape index (κ1) is 11.7. The molecule has 1 N–H and O–H groups in total. The van der Waals surface area contributed by atoms with Crippen LogP contribution in [0.25, 0.3) is 0 Å². The van der Waals surface area contributed by atoms with Crippen LogP contribution in [0.5, 0.6) is 0 Å². The Hall–Kier alpha value is -0.760. The average molecular weight is 255 g/mol. The second kappa shape index (κ2) is 4.62. The SMILES string of the molecule is O[C@@H](C1=CCC(Cl)(Cl)C=C1)c1ccccc1. The molecule has 1 nitrogen and oxygen atoms in total. The van der Waals surface area contributed by atoms with Crippen LogP contribution in [0.3, 0.4) is 0 Å². The first-order valence-corrected chi connectivity index (χ1v) is 5.84.